The summed E-state index contributed by atoms with van der Waals surface area (Å²) in [6, 6.07) is 10.3. The van der Waals surface area contributed by atoms with Crippen LogP contribution < -0.4 is 5.32 Å². The van der Waals surface area contributed by atoms with E-state index >= 15 is 0 Å². The minimum absolute atomic E-state index is 0.154. The molecule has 0 aliphatic rings. The highest BCUT2D eigenvalue weighted by Crippen LogP contribution is 2.28. The molecule has 0 saturated carbocycles. The molecular formula is C16H15BrCl2FN. The first-order valence-electron chi connectivity index (χ1n) is 6.63. The minimum atomic E-state index is -0.242. The summed E-state index contributed by atoms with van der Waals surface area (Å²) >= 11 is 15.5. The molecule has 1 nitrogen and oxygen atoms in total. The number of benzene rings is 2. The van der Waals surface area contributed by atoms with Crippen LogP contribution in [-0.2, 0) is 6.42 Å². The Hall–Kier alpha value is -0.610. The Morgan fingerprint density at radius 2 is 1.95 bits per heavy atom. The summed E-state index contributed by atoms with van der Waals surface area (Å²) < 4.78 is 14.9. The zero-order valence-electron chi connectivity index (χ0n) is 11.5. The second kappa shape index (κ2) is 7.59. The molecule has 0 bridgehead atoms. The highest BCUT2D eigenvalue weighted by atomic mass is 79.9. The first-order chi connectivity index (χ1) is 10.0. The third-order valence-electron chi connectivity index (χ3n) is 3.22. The van der Waals surface area contributed by atoms with E-state index in [1.54, 1.807) is 18.2 Å². The van der Waals surface area contributed by atoms with Crippen molar-refractivity contribution in [3.05, 3.63) is 67.9 Å². The van der Waals surface area contributed by atoms with Gasteiger partial charge in [-0.3, -0.25) is 0 Å². The molecule has 0 radical (unpaired) electrons. The Balaban J connectivity index is 2.32. The Labute approximate surface area is 142 Å². The van der Waals surface area contributed by atoms with E-state index in [2.05, 4.69) is 21.2 Å². The summed E-state index contributed by atoms with van der Waals surface area (Å²) in [5, 5.41) is 4.56. The van der Waals surface area contributed by atoms with Gasteiger partial charge in [-0.15, -0.1) is 0 Å². The van der Waals surface area contributed by atoms with Crippen LogP contribution in [0.3, 0.4) is 0 Å². The number of halogens is 4. The highest BCUT2D eigenvalue weighted by molar-refractivity contribution is 9.10. The maximum absolute atomic E-state index is 14.2. The maximum Gasteiger partial charge on any atom is 0.129 e. The molecule has 0 fully saturated rings. The molecule has 0 amide bonds. The van der Waals surface area contributed by atoms with Gasteiger partial charge < -0.3 is 5.32 Å². The van der Waals surface area contributed by atoms with Gasteiger partial charge in [0.2, 0.25) is 0 Å². The smallest absolute Gasteiger partial charge is 0.129 e. The van der Waals surface area contributed by atoms with Crippen LogP contribution >= 0.6 is 39.1 Å². The molecule has 0 heterocycles. The summed E-state index contributed by atoms with van der Waals surface area (Å²) in [7, 11) is 0. The minimum Gasteiger partial charge on any atom is -0.310 e. The lowest BCUT2D eigenvalue weighted by Crippen LogP contribution is -2.24. The Bertz CT molecular complexity index is 634. The number of hydrogen-bond acceptors (Lipinski definition) is 1. The quantitative estimate of drug-likeness (QED) is 0.681. The molecule has 1 unspecified atom stereocenters. The number of rotatable bonds is 5. The lowest BCUT2D eigenvalue weighted by molar-refractivity contribution is 0.510. The Morgan fingerprint density at radius 3 is 2.62 bits per heavy atom. The lowest BCUT2D eigenvalue weighted by Gasteiger charge is -2.20. The predicted octanol–water partition coefficient (Wildman–Crippen LogP) is 5.79. The van der Waals surface area contributed by atoms with Gasteiger partial charge in [-0.05, 0) is 48.9 Å². The third kappa shape index (κ3) is 4.43. The van der Waals surface area contributed by atoms with E-state index < -0.39 is 0 Å². The lowest BCUT2D eigenvalue weighted by atomic mass is 9.98. The summed E-state index contributed by atoms with van der Waals surface area (Å²) in [6.45, 7) is 2.72. The molecule has 0 aliphatic heterocycles. The molecule has 0 saturated heterocycles. The summed E-state index contributed by atoms with van der Waals surface area (Å²) in [5.74, 6) is -0.242. The molecule has 21 heavy (non-hydrogen) atoms. The molecule has 2 rings (SSSR count). The van der Waals surface area contributed by atoms with Crippen LogP contribution in [-0.4, -0.2) is 6.54 Å². The van der Waals surface area contributed by atoms with Crippen LogP contribution in [0.1, 0.15) is 24.1 Å². The van der Waals surface area contributed by atoms with Gasteiger partial charge in [-0.25, -0.2) is 4.39 Å². The van der Waals surface area contributed by atoms with Crippen molar-refractivity contribution in [2.75, 3.05) is 6.54 Å². The van der Waals surface area contributed by atoms with Crippen molar-refractivity contribution in [3.8, 4) is 0 Å². The van der Waals surface area contributed by atoms with E-state index in [0.29, 0.717) is 22.0 Å². The largest absolute Gasteiger partial charge is 0.310 e. The fourth-order valence-corrected chi connectivity index (χ4v) is 2.96. The molecule has 1 N–H and O–H groups in total. The van der Waals surface area contributed by atoms with Gasteiger partial charge in [0.05, 0.1) is 0 Å². The maximum atomic E-state index is 14.2. The first kappa shape index (κ1) is 16.8. The van der Waals surface area contributed by atoms with Gasteiger partial charge in [0.25, 0.3) is 0 Å². The van der Waals surface area contributed by atoms with Crippen LogP contribution in [0.2, 0.25) is 10.0 Å². The second-order valence-corrected chi connectivity index (χ2v) is 6.48. The van der Waals surface area contributed by atoms with Crippen LogP contribution in [0.15, 0.2) is 40.9 Å². The van der Waals surface area contributed by atoms with Crippen LogP contribution in [0, 0.1) is 5.82 Å². The molecule has 5 heteroatoms. The number of hydrogen-bond donors (Lipinski definition) is 1. The van der Waals surface area contributed by atoms with Gasteiger partial charge in [-0.2, -0.15) is 0 Å². The fraction of sp³-hybridized carbons (Fsp3) is 0.250. The molecule has 2 aromatic carbocycles. The third-order valence-corrected chi connectivity index (χ3v) is 4.32. The fourth-order valence-electron chi connectivity index (χ4n) is 2.24. The van der Waals surface area contributed by atoms with Crippen molar-refractivity contribution >= 4 is 39.1 Å². The van der Waals surface area contributed by atoms with Gasteiger partial charge in [-0.1, -0.05) is 52.1 Å². The molecule has 0 aromatic heterocycles. The highest BCUT2D eigenvalue weighted by Gasteiger charge is 2.17. The van der Waals surface area contributed by atoms with Crippen LogP contribution in [0.4, 0.5) is 4.39 Å². The molecular weight excluding hydrogens is 376 g/mol. The Kier molecular flexibility index (Phi) is 6.06. The second-order valence-electron chi connectivity index (χ2n) is 4.72. The zero-order valence-corrected chi connectivity index (χ0v) is 14.6. The van der Waals surface area contributed by atoms with Crippen LogP contribution in [0.5, 0.6) is 0 Å². The van der Waals surface area contributed by atoms with E-state index in [1.807, 2.05) is 19.1 Å². The van der Waals surface area contributed by atoms with Crippen molar-refractivity contribution in [2.24, 2.45) is 0 Å². The van der Waals surface area contributed by atoms with Crippen molar-refractivity contribution < 1.29 is 4.39 Å². The molecule has 0 aliphatic carbocycles. The average Bonchev–Trinajstić information content (AvgIpc) is 2.42. The van der Waals surface area contributed by atoms with Gasteiger partial charge in [0.15, 0.2) is 0 Å². The molecule has 112 valence electrons. The summed E-state index contributed by atoms with van der Waals surface area (Å²) in [5.41, 5.74) is 1.52. The van der Waals surface area contributed by atoms with Crippen LogP contribution in [0.25, 0.3) is 0 Å². The van der Waals surface area contributed by atoms with Crippen molar-refractivity contribution in [2.45, 2.75) is 19.4 Å². The molecule has 0 spiro atoms. The monoisotopic (exact) mass is 389 g/mol. The normalized spacial score (nSPS) is 12.4. The summed E-state index contributed by atoms with van der Waals surface area (Å²) in [6.07, 6.45) is 0.575. The SMILES string of the molecule is CCNC(Cc1cc(Cl)ccc1Cl)c1ccc(Br)cc1F. The van der Waals surface area contributed by atoms with E-state index in [0.717, 1.165) is 16.6 Å². The first-order valence-corrected chi connectivity index (χ1v) is 8.18. The van der Waals surface area contributed by atoms with E-state index in [-0.39, 0.29) is 11.9 Å². The molecule has 1 atom stereocenters. The van der Waals surface area contributed by atoms with E-state index in [1.165, 1.54) is 6.07 Å². The van der Waals surface area contributed by atoms with Gasteiger partial charge in [0.1, 0.15) is 5.82 Å². The van der Waals surface area contributed by atoms with Crippen molar-refractivity contribution in [3.63, 3.8) is 0 Å². The van der Waals surface area contributed by atoms with Gasteiger partial charge >= 0.3 is 0 Å². The van der Waals surface area contributed by atoms with E-state index in [9.17, 15) is 4.39 Å². The van der Waals surface area contributed by atoms with Crippen molar-refractivity contribution in [1.29, 1.82) is 0 Å². The predicted molar refractivity (Wildman–Crippen MR) is 90.7 cm³/mol. The van der Waals surface area contributed by atoms with Gasteiger partial charge in [0, 0.05) is 26.1 Å². The molecule has 2 aromatic rings. The number of likely N-dealkylation sites (N-methyl/N-ethyl adjacent to an activating group) is 1. The number of nitrogens with one attached hydrogen (secondary N) is 1. The zero-order chi connectivity index (χ0) is 15.4. The van der Waals surface area contributed by atoms with E-state index in [4.69, 9.17) is 23.2 Å². The average molecular weight is 391 g/mol. The van der Waals surface area contributed by atoms with Crippen molar-refractivity contribution in [1.82, 2.24) is 5.32 Å². The standard InChI is InChI=1S/C16H15BrCl2FN/c1-2-21-16(13-5-3-11(17)9-15(13)20)8-10-7-12(18)4-6-14(10)19/h3-7,9,16,21H,2,8H2,1H3. The summed E-state index contributed by atoms with van der Waals surface area (Å²) in [4.78, 5) is 0. The topological polar surface area (TPSA) is 12.0 Å². The Morgan fingerprint density at radius 1 is 1.19 bits per heavy atom.